The summed E-state index contributed by atoms with van der Waals surface area (Å²) >= 11 is 0. The molecule has 120 valence electrons. The highest BCUT2D eigenvalue weighted by Gasteiger charge is 2.22. The lowest BCUT2D eigenvalue weighted by atomic mass is 9.91. The molecular weight excluding hydrogens is 298 g/mol. The number of rotatable bonds is 3. The Morgan fingerprint density at radius 1 is 1.04 bits per heavy atom. The molecule has 0 aliphatic carbocycles. The highest BCUT2D eigenvalue weighted by molar-refractivity contribution is 5.80. The van der Waals surface area contributed by atoms with Gasteiger partial charge in [-0.2, -0.15) is 0 Å². The summed E-state index contributed by atoms with van der Waals surface area (Å²) in [5.41, 5.74) is 2.38. The van der Waals surface area contributed by atoms with Crippen molar-refractivity contribution in [3.8, 4) is 11.1 Å². The highest BCUT2D eigenvalue weighted by atomic mass is 19.2. The lowest BCUT2D eigenvalue weighted by Crippen LogP contribution is -2.32. The quantitative estimate of drug-likeness (QED) is 0.913. The van der Waals surface area contributed by atoms with Crippen molar-refractivity contribution >= 4 is 5.91 Å². The van der Waals surface area contributed by atoms with E-state index in [9.17, 15) is 13.6 Å². The third kappa shape index (κ3) is 3.56. The molecule has 0 aromatic heterocycles. The zero-order valence-electron chi connectivity index (χ0n) is 12.6. The second kappa shape index (κ2) is 6.87. The maximum absolute atomic E-state index is 13.5. The standard InChI is InChI=1S/C18H18F2N2O/c19-16-6-5-13(10-17(16)20)15-4-2-1-3-12(15)9-14-11-21-7-8-22-18(14)23/h1-6,10,14,21H,7-9,11H2,(H,22,23). The molecular formula is C18H18F2N2O. The van der Waals surface area contributed by atoms with E-state index in [0.717, 1.165) is 23.7 Å². The van der Waals surface area contributed by atoms with Gasteiger partial charge in [-0.25, -0.2) is 8.78 Å². The van der Waals surface area contributed by atoms with Gasteiger partial charge in [0.1, 0.15) is 0 Å². The van der Waals surface area contributed by atoms with Crippen molar-refractivity contribution in [3.05, 3.63) is 59.7 Å². The predicted molar refractivity (Wildman–Crippen MR) is 84.9 cm³/mol. The van der Waals surface area contributed by atoms with Crippen molar-refractivity contribution in [2.45, 2.75) is 6.42 Å². The van der Waals surface area contributed by atoms with Crippen molar-refractivity contribution in [1.29, 1.82) is 0 Å². The Labute approximate surface area is 133 Å². The van der Waals surface area contributed by atoms with Gasteiger partial charge in [-0.1, -0.05) is 30.3 Å². The van der Waals surface area contributed by atoms with E-state index in [0.29, 0.717) is 25.1 Å². The van der Waals surface area contributed by atoms with Crippen LogP contribution in [0.5, 0.6) is 0 Å². The van der Waals surface area contributed by atoms with Gasteiger partial charge in [-0.05, 0) is 35.2 Å². The van der Waals surface area contributed by atoms with E-state index < -0.39 is 11.6 Å². The minimum atomic E-state index is -0.869. The van der Waals surface area contributed by atoms with E-state index in [1.54, 1.807) is 6.07 Å². The number of benzene rings is 2. The van der Waals surface area contributed by atoms with Crippen molar-refractivity contribution in [3.63, 3.8) is 0 Å². The molecule has 0 spiro atoms. The van der Waals surface area contributed by atoms with Gasteiger partial charge in [-0.3, -0.25) is 4.79 Å². The first kappa shape index (κ1) is 15.6. The smallest absolute Gasteiger partial charge is 0.224 e. The van der Waals surface area contributed by atoms with Crippen LogP contribution in [0.1, 0.15) is 5.56 Å². The van der Waals surface area contributed by atoms with Crippen LogP contribution >= 0.6 is 0 Å². The Balaban J connectivity index is 1.91. The van der Waals surface area contributed by atoms with E-state index in [1.807, 2.05) is 24.3 Å². The summed E-state index contributed by atoms with van der Waals surface area (Å²) < 4.78 is 26.7. The van der Waals surface area contributed by atoms with Crippen LogP contribution in [0.4, 0.5) is 8.78 Å². The zero-order chi connectivity index (χ0) is 16.2. The number of hydrogen-bond acceptors (Lipinski definition) is 2. The maximum Gasteiger partial charge on any atom is 0.224 e. The molecule has 5 heteroatoms. The summed E-state index contributed by atoms with van der Waals surface area (Å²) in [6, 6.07) is 11.4. The van der Waals surface area contributed by atoms with Gasteiger partial charge in [0.15, 0.2) is 11.6 Å². The van der Waals surface area contributed by atoms with E-state index >= 15 is 0 Å². The fourth-order valence-electron chi connectivity index (χ4n) is 2.86. The van der Waals surface area contributed by atoms with Gasteiger partial charge >= 0.3 is 0 Å². The lowest BCUT2D eigenvalue weighted by Gasteiger charge is -2.16. The number of hydrogen-bond donors (Lipinski definition) is 2. The number of carbonyl (C=O) groups is 1. The van der Waals surface area contributed by atoms with Gasteiger partial charge in [0.2, 0.25) is 5.91 Å². The van der Waals surface area contributed by atoms with E-state index in [2.05, 4.69) is 10.6 Å². The second-order valence-electron chi connectivity index (χ2n) is 5.68. The molecule has 1 aliphatic heterocycles. The Hall–Kier alpha value is -2.27. The van der Waals surface area contributed by atoms with Gasteiger partial charge in [0.05, 0.1) is 5.92 Å². The fourth-order valence-corrected chi connectivity index (χ4v) is 2.86. The molecule has 23 heavy (non-hydrogen) atoms. The number of nitrogens with one attached hydrogen (secondary N) is 2. The Morgan fingerprint density at radius 2 is 1.87 bits per heavy atom. The van der Waals surface area contributed by atoms with Crippen LogP contribution in [-0.2, 0) is 11.2 Å². The van der Waals surface area contributed by atoms with E-state index in [-0.39, 0.29) is 11.8 Å². The summed E-state index contributed by atoms with van der Waals surface area (Å²) in [6.07, 6.45) is 0.550. The first-order chi connectivity index (χ1) is 11.1. The van der Waals surface area contributed by atoms with Gasteiger partial charge in [0.25, 0.3) is 0 Å². The number of carbonyl (C=O) groups excluding carboxylic acids is 1. The molecule has 1 aliphatic rings. The molecule has 1 unspecified atom stereocenters. The van der Waals surface area contributed by atoms with Crippen LogP contribution < -0.4 is 10.6 Å². The molecule has 0 radical (unpaired) electrons. The monoisotopic (exact) mass is 316 g/mol. The summed E-state index contributed by atoms with van der Waals surface area (Å²) in [7, 11) is 0. The van der Waals surface area contributed by atoms with Gasteiger partial charge in [-0.15, -0.1) is 0 Å². The molecule has 3 nitrogen and oxygen atoms in total. The molecule has 1 fully saturated rings. The largest absolute Gasteiger partial charge is 0.355 e. The molecule has 3 rings (SSSR count). The van der Waals surface area contributed by atoms with Gasteiger partial charge < -0.3 is 10.6 Å². The van der Waals surface area contributed by atoms with Gasteiger partial charge in [0, 0.05) is 19.6 Å². The van der Waals surface area contributed by atoms with Crippen LogP contribution in [0.15, 0.2) is 42.5 Å². The molecule has 1 heterocycles. The van der Waals surface area contributed by atoms with Crippen LogP contribution in [0, 0.1) is 17.6 Å². The highest BCUT2D eigenvalue weighted by Crippen LogP contribution is 2.27. The van der Waals surface area contributed by atoms with Crippen LogP contribution in [0.2, 0.25) is 0 Å². The molecule has 0 saturated carbocycles. The maximum atomic E-state index is 13.5. The second-order valence-corrected chi connectivity index (χ2v) is 5.68. The molecule has 2 aromatic carbocycles. The molecule has 1 atom stereocenters. The Kier molecular flexibility index (Phi) is 4.67. The first-order valence-corrected chi connectivity index (χ1v) is 7.67. The van der Waals surface area contributed by atoms with Crippen LogP contribution in [0.25, 0.3) is 11.1 Å². The average molecular weight is 316 g/mol. The normalized spacial score (nSPS) is 18.3. The van der Waals surface area contributed by atoms with Crippen LogP contribution in [-0.4, -0.2) is 25.5 Å². The van der Waals surface area contributed by atoms with Crippen molar-refractivity contribution in [1.82, 2.24) is 10.6 Å². The van der Waals surface area contributed by atoms with Crippen LogP contribution in [0.3, 0.4) is 0 Å². The third-order valence-corrected chi connectivity index (χ3v) is 4.08. The number of amides is 1. The molecule has 0 bridgehead atoms. The topological polar surface area (TPSA) is 41.1 Å². The summed E-state index contributed by atoms with van der Waals surface area (Å²) in [5.74, 6) is -1.89. The summed E-state index contributed by atoms with van der Waals surface area (Å²) in [6.45, 7) is 1.99. The molecule has 2 N–H and O–H groups in total. The Morgan fingerprint density at radius 3 is 2.70 bits per heavy atom. The average Bonchev–Trinajstić information content (AvgIpc) is 2.76. The zero-order valence-corrected chi connectivity index (χ0v) is 12.6. The molecule has 2 aromatic rings. The minimum absolute atomic E-state index is 0.0232. The Bertz CT molecular complexity index is 718. The minimum Gasteiger partial charge on any atom is -0.355 e. The van der Waals surface area contributed by atoms with Crippen molar-refractivity contribution < 1.29 is 13.6 Å². The van der Waals surface area contributed by atoms with E-state index in [1.165, 1.54) is 6.07 Å². The fraction of sp³-hybridized carbons (Fsp3) is 0.278. The first-order valence-electron chi connectivity index (χ1n) is 7.67. The molecule has 1 saturated heterocycles. The lowest BCUT2D eigenvalue weighted by molar-refractivity contribution is -0.124. The van der Waals surface area contributed by atoms with Crippen molar-refractivity contribution in [2.24, 2.45) is 5.92 Å². The predicted octanol–water partition coefficient (Wildman–Crippen LogP) is 2.51. The SMILES string of the molecule is O=C1NCCNCC1Cc1ccccc1-c1ccc(F)c(F)c1. The summed E-state index contributed by atoms with van der Waals surface area (Å²) in [4.78, 5) is 12.1. The summed E-state index contributed by atoms with van der Waals surface area (Å²) in [5, 5.41) is 6.11. The van der Waals surface area contributed by atoms with E-state index in [4.69, 9.17) is 0 Å². The van der Waals surface area contributed by atoms with Crippen molar-refractivity contribution in [2.75, 3.05) is 19.6 Å². The molecule has 1 amide bonds. The number of halogens is 2. The third-order valence-electron chi connectivity index (χ3n) is 4.08.